The van der Waals surface area contributed by atoms with Crippen LogP contribution < -0.4 is 0 Å². The molecule has 0 spiro atoms. The molecule has 0 aliphatic carbocycles. The van der Waals surface area contributed by atoms with Crippen molar-refractivity contribution in [2.75, 3.05) is 0 Å². The van der Waals surface area contributed by atoms with Crippen molar-refractivity contribution >= 4 is 52.9 Å². The number of aromatic nitrogens is 1. The molecule has 3 heteroatoms. The molecule has 3 aromatic rings. The largest absolute Gasteiger partial charge is 0.465 e. The number of fused-ring (bicyclic) bond motifs is 3. The zero-order valence-corrected chi connectivity index (χ0v) is 12.2. The lowest BCUT2D eigenvalue weighted by atomic mass is 10.2. The predicted molar refractivity (Wildman–Crippen MR) is 76.3 cm³/mol. The van der Waals surface area contributed by atoms with Gasteiger partial charge in [-0.1, -0.05) is 36.4 Å². The summed E-state index contributed by atoms with van der Waals surface area (Å²) < 4.78 is 0. The van der Waals surface area contributed by atoms with Gasteiger partial charge in [0.1, 0.15) is 0 Å². The summed E-state index contributed by atoms with van der Waals surface area (Å²) in [7, 11) is 0. The van der Waals surface area contributed by atoms with E-state index in [9.17, 15) is 0 Å². The molecule has 0 aliphatic rings. The van der Waals surface area contributed by atoms with Gasteiger partial charge in [-0.05, 0) is 12.1 Å². The monoisotopic (exact) mass is 285 g/mol. The van der Waals surface area contributed by atoms with Gasteiger partial charge in [0.2, 0.25) is 0 Å². The van der Waals surface area contributed by atoms with Crippen LogP contribution in [0.2, 0.25) is 5.05 Å². The predicted octanol–water partition coefficient (Wildman–Crippen LogP) is 4.37. The Balaban J connectivity index is 0.000000292. The van der Waals surface area contributed by atoms with Gasteiger partial charge in [0.05, 0.1) is 0 Å². The van der Waals surface area contributed by atoms with Crippen LogP contribution in [0.5, 0.6) is 0 Å². The normalized spacial score (nSPS) is 9.62. The Morgan fingerprint density at radius 1 is 0.875 bits per heavy atom. The van der Waals surface area contributed by atoms with E-state index in [1.807, 2.05) is 0 Å². The average Bonchev–Trinajstić information content (AvgIpc) is 2.68. The van der Waals surface area contributed by atoms with Gasteiger partial charge in [0.25, 0.3) is 0 Å². The molecule has 0 saturated heterocycles. The fraction of sp³-hybridized carbons (Fsp3) is 0.0769. The molecule has 3 rings (SSSR count). The lowest BCUT2D eigenvalue weighted by Gasteiger charge is -1.87. The molecule has 1 N–H and O–H groups in total. The SMILES string of the molecule is [CH3][Mg][Br].c1ccc2c(c1)[nH]c1ccccc12. The molecule has 0 saturated carbocycles. The molecule has 0 radical (unpaired) electrons. The highest BCUT2D eigenvalue weighted by molar-refractivity contribution is 9.23. The lowest BCUT2D eigenvalue weighted by Crippen LogP contribution is -1.62. The first kappa shape index (κ1) is 12.0. The van der Waals surface area contributed by atoms with Crippen molar-refractivity contribution in [2.45, 2.75) is 5.05 Å². The van der Waals surface area contributed by atoms with Gasteiger partial charge in [-0.15, -0.1) is 5.05 Å². The van der Waals surface area contributed by atoms with Gasteiger partial charge < -0.3 is 17.9 Å². The van der Waals surface area contributed by atoms with E-state index in [0.29, 0.717) is 0 Å². The Bertz CT molecular complexity index is 538. The molecule has 1 nitrogen and oxygen atoms in total. The van der Waals surface area contributed by atoms with Crippen molar-refractivity contribution in [1.29, 1.82) is 0 Å². The van der Waals surface area contributed by atoms with Gasteiger partial charge in [-0.2, -0.15) is 0 Å². The summed E-state index contributed by atoms with van der Waals surface area (Å²) in [6.45, 7) is 0. The summed E-state index contributed by atoms with van der Waals surface area (Å²) in [5.41, 5.74) is 2.42. The quantitative estimate of drug-likeness (QED) is 0.591. The van der Waals surface area contributed by atoms with Crippen LogP contribution in [0.25, 0.3) is 21.8 Å². The van der Waals surface area contributed by atoms with E-state index in [0.717, 1.165) is 0 Å². The van der Waals surface area contributed by atoms with Gasteiger partial charge in [-0.25, -0.2) is 0 Å². The van der Waals surface area contributed by atoms with Crippen molar-refractivity contribution in [3.8, 4) is 0 Å². The van der Waals surface area contributed by atoms with Crippen LogP contribution >= 0.6 is 12.9 Å². The van der Waals surface area contributed by atoms with E-state index in [-0.39, 0.29) is 18.2 Å². The van der Waals surface area contributed by atoms with E-state index in [2.05, 4.69) is 71.5 Å². The zero-order chi connectivity index (χ0) is 11.4. The first-order valence-corrected chi connectivity index (χ1v) is 10.7. The number of benzene rings is 2. The van der Waals surface area contributed by atoms with Crippen LogP contribution in [-0.4, -0.2) is 23.2 Å². The number of para-hydroxylation sites is 2. The molecule has 2 aromatic carbocycles. The molecule has 1 aromatic heterocycles. The topological polar surface area (TPSA) is 15.8 Å². The maximum absolute atomic E-state index is 3.38. The minimum absolute atomic E-state index is 0.229. The Kier molecular flexibility index (Phi) is 4.26. The fourth-order valence-electron chi connectivity index (χ4n) is 1.80. The Morgan fingerprint density at radius 2 is 1.25 bits per heavy atom. The van der Waals surface area contributed by atoms with Crippen molar-refractivity contribution in [3.05, 3.63) is 48.5 Å². The van der Waals surface area contributed by atoms with Crippen LogP contribution in [0.3, 0.4) is 0 Å². The second-order valence-corrected chi connectivity index (χ2v) is 7.38. The standard InChI is InChI=1S/C12H9N.CH3.BrH.Mg/c1-3-7-11-9(5-1)10-6-2-4-8-12(10)13-11;;;/h1-8,13H;1H3;1H;/q;;;+1/p-1. The molecule has 0 bridgehead atoms. The molecule has 0 amide bonds. The van der Waals surface area contributed by atoms with E-state index < -0.39 is 0 Å². The molecule has 0 aliphatic heterocycles. The molecule has 16 heavy (non-hydrogen) atoms. The van der Waals surface area contributed by atoms with E-state index >= 15 is 0 Å². The number of hydrogen-bond acceptors (Lipinski definition) is 0. The highest BCUT2D eigenvalue weighted by Gasteiger charge is 2.00. The molecule has 78 valence electrons. The summed E-state index contributed by atoms with van der Waals surface area (Å²) in [6, 6.07) is 16.8. The van der Waals surface area contributed by atoms with Crippen LogP contribution in [0.1, 0.15) is 0 Å². The van der Waals surface area contributed by atoms with Crippen LogP contribution in [0, 0.1) is 0 Å². The minimum Gasteiger partial charge on any atom is -0.355 e. The summed E-state index contributed by atoms with van der Waals surface area (Å²) in [4.78, 5) is 3.38. The van der Waals surface area contributed by atoms with Crippen molar-refractivity contribution in [3.63, 3.8) is 0 Å². The van der Waals surface area contributed by atoms with E-state index in [4.69, 9.17) is 0 Å². The average molecular weight is 286 g/mol. The first-order valence-electron chi connectivity index (χ1n) is 5.38. The Morgan fingerprint density at radius 3 is 1.69 bits per heavy atom. The van der Waals surface area contributed by atoms with E-state index in [1.54, 1.807) is 0 Å². The molecule has 1 heterocycles. The Hall–Kier alpha value is -0.514. The van der Waals surface area contributed by atoms with Crippen LogP contribution in [0.15, 0.2) is 48.5 Å². The number of H-pyrrole nitrogens is 1. The Labute approximate surface area is 111 Å². The maximum atomic E-state index is 3.38. The second-order valence-electron chi connectivity index (χ2n) is 3.48. The van der Waals surface area contributed by atoms with Gasteiger partial charge in [0.15, 0.2) is 0 Å². The maximum Gasteiger partial charge on any atom is 0.465 e. The molecule has 0 atom stereocenters. The minimum atomic E-state index is 0.229. The first-order chi connectivity index (χ1) is 7.86. The molecular weight excluding hydrogens is 274 g/mol. The molecular formula is C13H12BrMgN. The van der Waals surface area contributed by atoms with Crippen molar-refractivity contribution in [2.24, 2.45) is 0 Å². The van der Waals surface area contributed by atoms with Crippen LogP contribution in [-0.2, 0) is 0 Å². The summed E-state index contributed by atoms with van der Waals surface area (Å²) in [5.74, 6) is 0. The number of aromatic amines is 1. The third-order valence-corrected chi connectivity index (χ3v) is 2.41. The number of hydrogen-bond donors (Lipinski definition) is 1. The molecule has 0 unspecified atom stereocenters. The van der Waals surface area contributed by atoms with Gasteiger partial charge >= 0.3 is 18.2 Å². The van der Waals surface area contributed by atoms with Gasteiger partial charge in [-0.3, -0.25) is 0 Å². The molecule has 0 fully saturated rings. The highest BCUT2D eigenvalue weighted by atomic mass is 79.9. The zero-order valence-electron chi connectivity index (χ0n) is 9.20. The van der Waals surface area contributed by atoms with E-state index in [1.165, 1.54) is 21.8 Å². The van der Waals surface area contributed by atoms with Crippen LogP contribution in [0.4, 0.5) is 0 Å². The fourth-order valence-corrected chi connectivity index (χ4v) is 1.80. The summed E-state index contributed by atoms with van der Waals surface area (Å²) >= 11 is 3.51. The van der Waals surface area contributed by atoms with Crippen molar-refractivity contribution < 1.29 is 0 Å². The third-order valence-electron chi connectivity index (χ3n) is 2.41. The highest BCUT2D eigenvalue weighted by Crippen LogP contribution is 2.24. The van der Waals surface area contributed by atoms with Crippen molar-refractivity contribution in [1.82, 2.24) is 4.98 Å². The number of rotatable bonds is 0. The number of halogens is 1. The van der Waals surface area contributed by atoms with Gasteiger partial charge in [0, 0.05) is 21.8 Å². The number of nitrogens with one attached hydrogen (secondary N) is 1. The third kappa shape index (κ3) is 2.42. The second kappa shape index (κ2) is 5.71. The lowest BCUT2D eigenvalue weighted by molar-refractivity contribution is 1.55. The summed E-state index contributed by atoms with van der Waals surface area (Å²) in [6.07, 6.45) is 0. The smallest absolute Gasteiger partial charge is 0.355 e. The summed E-state index contributed by atoms with van der Waals surface area (Å²) in [5, 5.41) is 4.79.